The van der Waals surface area contributed by atoms with Gasteiger partial charge in [0.05, 0.1) is 12.7 Å². The number of hydrogen-bond donors (Lipinski definition) is 1. The second-order valence-electron chi connectivity index (χ2n) is 6.51. The first-order valence-electron chi connectivity index (χ1n) is 8.52. The van der Waals surface area contributed by atoms with Gasteiger partial charge in [-0.1, -0.05) is 39.5 Å². The van der Waals surface area contributed by atoms with Gasteiger partial charge in [0, 0.05) is 6.04 Å². The highest BCUT2D eigenvalue weighted by Gasteiger charge is 2.27. The molecule has 0 aromatic heterocycles. The normalized spacial score (nSPS) is 25.7. The smallest absolute Gasteiger partial charge is 0.0625 e. The molecule has 1 unspecified atom stereocenters. The van der Waals surface area contributed by atoms with Crippen LogP contribution in [0.5, 0.6) is 0 Å². The van der Waals surface area contributed by atoms with Crippen LogP contribution in [0.2, 0.25) is 0 Å². The van der Waals surface area contributed by atoms with Gasteiger partial charge in [0.2, 0.25) is 0 Å². The molecule has 0 heterocycles. The molecule has 1 fully saturated rings. The van der Waals surface area contributed by atoms with Crippen molar-refractivity contribution in [3.63, 3.8) is 0 Å². The summed E-state index contributed by atoms with van der Waals surface area (Å²) in [5, 5.41) is 3.72. The quantitative estimate of drug-likeness (QED) is 0.670. The molecule has 0 radical (unpaired) electrons. The van der Waals surface area contributed by atoms with E-state index in [0.717, 1.165) is 25.0 Å². The van der Waals surface area contributed by atoms with Gasteiger partial charge in [0.25, 0.3) is 0 Å². The van der Waals surface area contributed by atoms with Crippen LogP contribution in [0.1, 0.15) is 72.6 Å². The molecule has 0 aliphatic heterocycles. The van der Waals surface area contributed by atoms with E-state index in [-0.39, 0.29) is 0 Å². The number of ether oxygens (including phenoxy) is 1. The number of nitrogens with one attached hydrogen (secondary N) is 1. The van der Waals surface area contributed by atoms with Gasteiger partial charge in [-0.05, 0) is 51.5 Å². The predicted octanol–water partition coefficient (Wildman–Crippen LogP) is 4.39. The SMILES string of the molecule is CCCNC(COC(C)C)C1CCC(CCC)CC1. The van der Waals surface area contributed by atoms with Gasteiger partial charge in [0.1, 0.15) is 0 Å². The summed E-state index contributed by atoms with van der Waals surface area (Å²) in [6.07, 6.45) is 10.0. The third kappa shape index (κ3) is 6.76. The van der Waals surface area contributed by atoms with Crippen molar-refractivity contribution >= 4 is 0 Å². The molecule has 0 aromatic carbocycles. The predicted molar refractivity (Wildman–Crippen MR) is 83.5 cm³/mol. The highest BCUT2D eigenvalue weighted by atomic mass is 16.5. The van der Waals surface area contributed by atoms with Crippen LogP contribution in [0.25, 0.3) is 0 Å². The molecule has 0 amide bonds. The van der Waals surface area contributed by atoms with E-state index >= 15 is 0 Å². The standard InChI is InChI=1S/C17H35NO/c1-5-7-15-8-10-16(11-9-15)17(18-12-6-2)13-19-14(3)4/h14-18H,5-13H2,1-4H3. The summed E-state index contributed by atoms with van der Waals surface area (Å²) >= 11 is 0. The van der Waals surface area contributed by atoms with Gasteiger partial charge in [-0.15, -0.1) is 0 Å². The third-order valence-electron chi connectivity index (χ3n) is 4.42. The molecule has 2 nitrogen and oxygen atoms in total. The fourth-order valence-corrected chi connectivity index (χ4v) is 3.28. The summed E-state index contributed by atoms with van der Waals surface area (Å²) in [7, 11) is 0. The Bertz CT molecular complexity index is 209. The Kier molecular flexibility index (Phi) is 8.72. The van der Waals surface area contributed by atoms with Gasteiger partial charge < -0.3 is 10.1 Å². The zero-order chi connectivity index (χ0) is 14.1. The monoisotopic (exact) mass is 269 g/mol. The van der Waals surface area contributed by atoms with Gasteiger partial charge in [0.15, 0.2) is 0 Å². The van der Waals surface area contributed by atoms with Crippen LogP contribution >= 0.6 is 0 Å². The Labute approximate surface area is 120 Å². The molecule has 114 valence electrons. The lowest BCUT2D eigenvalue weighted by Gasteiger charge is -2.34. The summed E-state index contributed by atoms with van der Waals surface area (Å²) in [6.45, 7) is 10.8. The fraction of sp³-hybridized carbons (Fsp3) is 1.00. The minimum absolute atomic E-state index is 0.349. The Morgan fingerprint density at radius 1 is 1.05 bits per heavy atom. The van der Waals surface area contributed by atoms with Crippen molar-refractivity contribution in [2.24, 2.45) is 11.8 Å². The van der Waals surface area contributed by atoms with Crippen molar-refractivity contribution < 1.29 is 4.74 Å². The lowest BCUT2D eigenvalue weighted by Crippen LogP contribution is -2.42. The Morgan fingerprint density at radius 2 is 1.74 bits per heavy atom. The van der Waals surface area contributed by atoms with Gasteiger partial charge in [-0.2, -0.15) is 0 Å². The topological polar surface area (TPSA) is 21.3 Å². The molecule has 0 aromatic rings. The van der Waals surface area contributed by atoms with Crippen molar-refractivity contribution in [3.8, 4) is 0 Å². The van der Waals surface area contributed by atoms with Crippen molar-refractivity contribution in [1.29, 1.82) is 0 Å². The minimum atomic E-state index is 0.349. The first kappa shape index (κ1) is 17.0. The van der Waals surface area contributed by atoms with E-state index < -0.39 is 0 Å². The molecule has 19 heavy (non-hydrogen) atoms. The largest absolute Gasteiger partial charge is 0.377 e. The molecule has 1 rings (SSSR count). The van der Waals surface area contributed by atoms with Crippen molar-refractivity contribution in [2.75, 3.05) is 13.2 Å². The molecular weight excluding hydrogens is 234 g/mol. The second-order valence-corrected chi connectivity index (χ2v) is 6.51. The fourth-order valence-electron chi connectivity index (χ4n) is 3.28. The Morgan fingerprint density at radius 3 is 2.26 bits per heavy atom. The average Bonchev–Trinajstić information content (AvgIpc) is 2.40. The lowest BCUT2D eigenvalue weighted by molar-refractivity contribution is 0.0400. The van der Waals surface area contributed by atoms with Crippen LogP contribution in [0.4, 0.5) is 0 Å². The maximum absolute atomic E-state index is 5.87. The van der Waals surface area contributed by atoms with Gasteiger partial charge in [-0.3, -0.25) is 0 Å². The first-order valence-corrected chi connectivity index (χ1v) is 8.52. The minimum Gasteiger partial charge on any atom is -0.377 e. The van der Waals surface area contributed by atoms with E-state index in [9.17, 15) is 0 Å². The summed E-state index contributed by atoms with van der Waals surface area (Å²) in [4.78, 5) is 0. The summed E-state index contributed by atoms with van der Waals surface area (Å²) in [5.41, 5.74) is 0. The maximum atomic E-state index is 5.87. The van der Waals surface area contributed by atoms with Gasteiger partial charge >= 0.3 is 0 Å². The van der Waals surface area contributed by atoms with Crippen LogP contribution in [0, 0.1) is 11.8 Å². The zero-order valence-corrected chi connectivity index (χ0v) is 13.6. The Balaban J connectivity index is 2.37. The molecule has 2 heteroatoms. The highest BCUT2D eigenvalue weighted by Crippen LogP contribution is 2.33. The molecule has 0 saturated heterocycles. The summed E-state index contributed by atoms with van der Waals surface area (Å²) in [6, 6.07) is 0.574. The first-order chi connectivity index (χ1) is 9.17. The van der Waals surface area contributed by atoms with Crippen LogP contribution < -0.4 is 5.32 Å². The maximum Gasteiger partial charge on any atom is 0.0625 e. The van der Waals surface area contributed by atoms with Gasteiger partial charge in [-0.25, -0.2) is 0 Å². The molecule has 1 saturated carbocycles. The van der Waals surface area contributed by atoms with E-state index in [2.05, 4.69) is 33.0 Å². The van der Waals surface area contributed by atoms with Crippen molar-refractivity contribution in [1.82, 2.24) is 5.32 Å². The van der Waals surface area contributed by atoms with Crippen LogP contribution in [-0.2, 0) is 4.74 Å². The van der Waals surface area contributed by atoms with Crippen molar-refractivity contribution in [2.45, 2.75) is 84.8 Å². The van der Waals surface area contributed by atoms with Crippen molar-refractivity contribution in [3.05, 3.63) is 0 Å². The lowest BCUT2D eigenvalue weighted by atomic mass is 9.77. The molecule has 1 aliphatic rings. The molecule has 0 spiro atoms. The molecule has 0 bridgehead atoms. The van der Waals surface area contributed by atoms with E-state index in [1.54, 1.807) is 0 Å². The van der Waals surface area contributed by atoms with E-state index in [1.807, 2.05) is 0 Å². The Hall–Kier alpha value is -0.0800. The van der Waals surface area contributed by atoms with E-state index in [0.29, 0.717) is 12.1 Å². The molecule has 1 atom stereocenters. The highest BCUT2D eigenvalue weighted by molar-refractivity contribution is 4.82. The zero-order valence-electron chi connectivity index (χ0n) is 13.6. The number of hydrogen-bond acceptors (Lipinski definition) is 2. The van der Waals surface area contributed by atoms with Crippen LogP contribution in [-0.4, -0.2) is 25.3 Å². The van der Waals surface area contributed by atoms with Crippen LogP contribution in [0.15, 0.2) is 0 Å². The summed E-state index contributed by atoms with van der Waals surface area (Å²) < 4.78 is 5.87. The van der Waals surface area contributed by atoms with E-state index in [4.69, 9.17) is 4.74 Å². The summed E-state index contributed by atoms with van der Waals surface area (Å²) in [5.74, 6) is 1.83. The molecule has 1 N–H and O–H groups in total. The van der Waals surface area contributed by atoms with Crippen LogP contribution in [0.3, 0.4) is 0 Å². The molecular formula is C17H35NO. The second kappa shape index (κ2) is 9.77. The molecule has 1 aliphatic carbocycles. The average molecular weight is 269 g/mol. The third-order valence-corrected chi connectivity index (χ3v) is 4.42. The van der Waals surface area contributed by atoms with E-state index in [1.165, 1.54) is 44.9 Å². The number of rotatable bonds is 9.